The number of nitrogens with one attached hydrogen (secondary N) is 1. The first-order valence-electron chi connectivity index (χ1n) is 11.9. The van der Waals surface area contributed by atoms with Crippen molar-refractivity contribution in [3.8, 4) is 0 Å². The van der Waals surface area contributed by atoms with Gasteiger partial charge in [0, 0.05) is 38.8 Å². The fourth-order valence-electron chi connectivity index (χ4n) is 4.66. The van der Waals surface area contributed by atoms with Crippen molar-refractivity contribution in [1.82, 2.24) is 24.3 Å². The van der Waals surface area contributed by atoms with Gasteiger partial charge in [-0.05, 0) is 43.5 Å². The SMILES string of the molecule is CC(C)(C)C(CN1CCCC1)NC(=O)n1c(=O)n(CCN2CCOCC2)c2ccccc21. The molecule has 0 aliphatic carbocycles. The molecule has 1 aromatic carbocycles. The number of morpholine rings is 1. The molecule has 4 rings (SSSR count). The van der Waals surface area contributed by atoms with E-state index >= 15 is 0 Å². The standard InChI is InChI=1S/C24H37N5O3/c1-24(2,3)21(18-27-10-6-7-11-27)25-22(30)29-20-9-5-4-8-19(20)28(23(29)31)13-12-26-14-16-32-17-15-26/h4-5,8-9,21H,6-7,10-18H2,1-3H3,(H,25,30). The minimum atomic E-state index is -0.338. The molecule has 2 aliphatic rings. The largest absolute Gasteiger partial charge is 0.379 e. The van der Waals surface area contributed by atoms with Crippen molar-refractivity contribution >= 4 is 17.1 Å². The summed E-state index contributed by atoms with van der Waals surface area (Å²) in [6.45, 7) is 13.9. The van der Waals surface area contributed by atoms with Crippen LogP contribution in [0.2, 0.25) is 0 Å². The highest BCUT2D eigenvalue weighted by Crippen LogP contribution is 2.22. The van der Waals surface area contributed by atoms with Crippen LogP contribution in [0.25, 0.3) is 11.0 Å². The lowest BCUT2D eigenvalue weighted by molar-refractivity contribution is 0.0364. The maximum atomic E-state index is 13.4. The molecule has 1 atom stereocenters. The van der Waals surface area contributed by atoms with Crippen LogP contribution in [-0.4, -0.2) is 83.5 Å². The molecule has 2 fully saturated rings. The lowest BCUT2D eigenvalue weighted by Crippen LogP contribution is -2.52. The van der Waals surface area contributed by atoms with Gasteiger partial charge in [0.05, 0.1) is 24.2 Å². The highest BCUT2D eigenvalue weighted by Gasteiger charge is 2.31. The van der Waals surface area contributed by atoms with E-state index in [4.69, 9.17) is 4.74 Å². The number of hydrogen-bond acceptors (Lipinski definition) is 5. The molecule has 0 saturated carbocycles. The van der Waals surface area contributed by atoms with Crippen molar-refractivity contribution in [3.05, 3.63) is 34.7 Å². The van der Waals surface area contributed by atoms with Gasteiger partial charge < -0.3 is 15.0 Å². The number of aromatic nitrogens is 2. The molecule has 8 nitrogen and oxygen atoms in total. The topological polar surface area (TPSA) is 71.7 Å². The lowest BCUT2D eigenvalue weighted by atomic mass is 9.86. The van der Waals surface area contributed by atoms with E-state index in [0.29, 0.717) is 12.1 Å². The molecule has 2 aliphatic heterocycles. The number of ether oxygens (including phenoxy) is 1. The molecule has 2 saturated heterocycles. The summed E-state index contributed by atoms with van der Waals surface area (Å²) in [5, 5.41) is 3.19. The summed E-state index contributed by atoms with van der Waals surface area (Å²) in [6.07, 6.45) is 2.42. The highest BCUT2D eigenvalue weighted by molar-refractivity contribution is 5.89. The van der Waals surface area contributed by atoms with Crippen molar-refractivity contribution in [2.75, 3.05) is 52.5 Å². The zero-order valence-electron chi connectivity index (χ0n) is 19.7. The second-order valence-electron chi connectivity index (χ2n) is 10.1. The van der Waals surface area contributed by atoms with E-state index < -0.39 is 0 Å². The maximum Gasteiger partial charge on any atom is 0.337 e. The quantitative estimate of drug-likeness (QED) is 0.741. The zero-order chi connectivity index (χ0) is 22.7. The molecule has 2 aromatic rings. The molecular weight excluding hydrogens is 406 g/mol. The molecule has 3 heterocycles. The molecule has 1 unspecified atom stereocenters. The van der Waals surface area contributed by atoms with Crippen LogP contribution in [0.5, 0.6) is 0 Å². The van der Waals surface area contributed by atoms with Crippen LogP contribution in [0.3, 0.4) is 0 Å². The van der Waals surface area contributed by atoms with Crippen molar-refractivity contribution in [2.45, 2.75) is 46.2 Å². The van der Waals surface area contributed by atoms with E-state index in [1.165, 1.54) is 17.4 Å². The fraction of sp³-hybridized carbons (Fsp3) is 0.667. The normalized spacial score (nSPS) is 19.5. The third-order valence-corrected chi connectivity index (χ3v) is 6.76. The van der Waals surface area contributed by atoms with Gasteiger partial charge in [0.25, 0.3) is 0 Å². The Morgan fingerprint density at radius 3 is 2.31 bits per heavy atom. The Bertz CT molecular complexity index is 978. The predicted octanol–water partition coefficient (Wildman–Crippen LogP) is 2.20. The summed E-state index contributed by atoms with van der Waals surface area (Å²) in [4.78, 5) is 31.5. The maximum absolute atomic E-state index is 13.4. The number of rotatable bonds is 6. The Morgan fingerprint density at radius 2 is 1.66 bits per heavy atom. The number of para-hydroxylation sites is 2. The Morgan fingerprint density at radius 1 is 1.00 bits per heavy atom. The third kappa shape index (κ3) is 5.08. The van der Waals surface area contributed by atoms with Crippen LogP contribution in [-0.2, 0) is 11.3 Å². The Hall–Kier alpha value is -2.16. The van der Waals surface area contributed by atoms with Gasteiger partial charge in [0.15, 0.2) is 0 Å². The molecule has 1 aromatic heterocycles. The van der Waals surface area contributed by atoms with E-state index in [1.807, 2.05) is 24.3 Å². The Labute approximate surface area is 190 Å². The monoisotopic (exact) mass is 443 g/mol. The molecule has 8 heteroatoms. The van der Waals surface area contributed by atoms with Crippen molar-refractivity contribution < 1.29 is 9.53 Å². The number of imidazole rings is 1. The van der Waals surface area contributed by atoms with Crippen LogP contribution in [0, 0.1) is 5.41 Å². The summed E-state index contributed by atoms with van der Waals surface area (Å²) in [5.74, 6) is 0. The number of carbonyl (C=O) groups excluding carboxylic acids is 1. The average molecular weight is 444 g/mol. The summed E-state index contributed by atoms with van der Waals surface area (Å²) in [5.41, 5.74) is 1.07. The average Bonchev–Trinajstić information content (AvgIpc) is 3.37. The van der Waals surface area contributed by atoms with Gasteiger partial charge in [0.2, 0.25) is 0 Å². The van der Waals surface area contributed by atoms with E-state index in [-0.39, 0.29) is 23.2 Å². The van der Waals surface area contributed by atoms with Crippen LogP contribution in [0.4, 0.5) is 4.79 Å². The van der Waals surface area contributed by atoms with Crippen LogP contribution in [0.15, 0.2) is 29.1 Å². The van der Waals surface area contributed by atoms with E-state index in [9.17, 15) is 9.59 Å². The summed E-state index contributed by atoms with van der Waals surface area (Å²) >= 11 is 0. The van der Waals surface area contributed by atoms with E-state index in [2.05, 4.69) is 35.9 Å². The second kappa shape index (κ2) is 9.77. The van der Waals surface area contributed by atoms with Gasteiger partial charge in [-0.3, -0.25) is 9.47 Å². The fourth-order valence-corrected chi connectivity index (χ4v) is 4.66. The second-order valence-corrected chi connectivity index (χ2v) is 10.1. The molecule has 1 amide bonds. The van der Waals surface area contributed by atoms with Crippen LogP contribution in [0.1, 0.15) is 33.6 Å². The number of fused-ring (bicyclic) bond motifs is 1. The molecule has 0 spiro atoms. The number of carbonyl (C=O) groups is 1. The van der Waals surface area contributed by atoms with Crippen LogP contribution < -0.4 is 11.0 Å². The summed E-state index contributed by atoms with van der Waals surface area (Å²) in [6, 6.07) is 7.19. The Kier molecular flexibility index (Phi) is 7.02. The molecule has 0 radical (unpaired) electrons. The van der Waals surface area contributed by atoms with Gasteiger partial charge in [-0.15, -0.1) is 0 Å². The van der Waals surface area contributed by atoms with Gasteiger partial charge in [0.1, 0.15) is 0 Å². The minimum absolute atomic E-state index is 0.0459. The summed E-state index contributed by atoms with van der Waals surface area (Å²) < 4.78 is 8.47. The number of likely N-dealkylation sites (tertiary alicyclic amines) is 1. The van der Waals surface area contributed by atoms with Gasteiger partial charge in [-0.1, -0.05) is 32.9 Å². The molecule has 176 valence electrons. The number of hydrogen-bond donors (Lipinski definition) is 1. The smallest absolute Gasteiger partial charge is 0.337 e. The molecular formula is C24H37N5O3. The van der Waals surface area contributed by atoms with Crippen molar-refractivity contribution in [1.29, 1.82) is 0 Å². The number of amides is 1. The zero-order valence-corrected chi connectivity index (χ0v) is 19.7. The summed E-state index contributed by atoms with van der Waals surface area (Å²) in [7, 11) is 0. The molecule has 1 N–H and O–H groups in total. The van der Waals surface area contributed by atoms with Gasteiger partial charge in [-0.2, -0.15) is 0 Å². The van der Waals surface area contributed by atoms with Crippen molar-refractivity contribution in [2.24, 2.45) is 5.41 Å². The van der Waals surface area contributed by atoms with Crippen molar-refractivity contribution in [3.63, 3.8) is 0 Å². The minimum Gasteiger partial charge on any atom is -0.379 e. The highest BCUT2D eigenvalue weighted by atomic mass is 16.5. The van der Waals surface area contributed by atoms with Crippen LogP contribution >= 0.6 is 0 Å². The van der Waals surface area contributed by atoms with E-state index in [1.54, 1.807) is 4.57 Å². The number of benzene rings is 1. The molecule has 32 heavy (non-hydrogen) atoms. The first-order chi connectivity index (χ1) is 15.3. The van der Waals surface area contributed by atoms with Gasteiger partial charge in [-0.25, -0.2) is 14.2 Å². The number of nitrogens with zero attached hydrogens (tertiary/aromatic N) is 4. The predicted molar refractivity (Wildman–Crippen MR) is 126 cm³/mol. The Balaban J connectivity index is 1.57. The first-order valence-corrected chi connectivity index (χ1v) is 11.9. The lowest BCUT2D eigenvalue weighted by Gasteiger charge is -2.34. The first kappa shape index (κ1) is 23.0. The molecule has 0 bridgehead atoms. The third-order valence-electron chi connectivity index (χ3n) is 6.76. The van der Waals surface area contributed by atoms with E-state index in [0.717, 1.165) is 58.0 Å². The van der Waals surface area contributed by atoms with Gasteiger partial charge >= 0.3 is 11.7 Å².